The quantitative estimate of drug-likeness (QED) is 0.676. The van der Waals surface area contributed by atoms with E-state index in [1.807, 2.05) is 0 Å². The number of nitro benzene ring substituents is 1. The molecule has 2 rings (SSSR count). The van der Waals surface area contributed by atoms with Crippen LogP contribution in [0.4, 0.5) is 11.4 Å². The van der Waals surface area contributed by atoms with Crippen molar-refractivity contribution in [2.24, 2.45) is 5.41 Å². The molecule has 1 unspecified atom stereocenters. The van der Waals surface area contributed by atoms with Gasteiger partial charge in [0.15, 0.2) is 9.84 Å². The summed E-state index contributed by atoms with van der Waals surface area (Å²) in [5.41, 5.74) is 0.354. The zero-order chi connectivity index (χ0) is 16.5. The molecule has 1 fully saturated rings. The number of hydrogen-bond donors (Lipinski definition) is 1. The van der Waals surface area contributed by atoms with Crippen molar-refractivity contribution in [1.82, 2.24) is 0 Å². The summed E-state index contributed by atoms with van der Waals surface area (Å²) in [6.45, 7) is 4.37. The van der Waals surface area contributed by atoms with Gasteiger partial charge in [0.25, 0.3) is 5.69 Å². The predicted octanol–water partition coefficient (Wildman–Crippen LogP) is 3.38. The van der Waals surface area contributed by atoms with Gasteiger partial charge in [-0.2, -0.15) is 0 Å². The van der Waals surface area contributed by atoms with Gasteiger partial charge < -0.3 is 5.32 Å². The number of nitrogens with one attached hydrogen (secondary N) is 1. The molecule has 6 nitrogen and oxygen atoms in total. The minimum Gasteiger partial charge on any atom is -0.382 e. The van der Waals surface area contributed by atoms with Crippen LogP contribution in [0, 0.1) is 15.5 Å². The van der Waals surface area contributed by atoms with E-state index >= 15 is 0 Å². The van der Waals surface area contributed by atoms with Crippen LogP contribution in [0.15, 0.2) is 23.1 Å². The van der Waals surface area contributed by atoms with E-state index in [0.29, 0.717) is 5.69 Å². The van der Waals surface area contributed by atoms with Crippen LogP contribution in [-0.4, -0.2) is 25.6 Å². The van der Waals surface area contributed by atoms with E-state index in [-0.39, 0.29) is 22.0 Å². The smallest absolute Gasteiger partial charge is 0.288 e. The molecule has 1 N–H and O–H groups in total. The third-order valence-corrected chi connectivity index (χ3v) is 5.53. The van der Waals surface area contributed by atoms with Crippen molar-refractivity contribution in [2.75, 3.05) is 11.6 Å². The Bertz CT molecular complexity index is 683. The molecule has 22 heavy (non-hydrogen) atoms. The Morgan fingerprint density at radius 2 is 2.00 bits per heavy atom. The van der Waals surface area contributed by atoms with Crippen molar-refractivity contribution in [1.29, 1.82) is 0 Å². The lowest BCUT2D eigenvalue weighted by atomic mass is 9.73. The molecule has 1 aliphatic rings. The maximum atomic E-state index is 11.8. The second kappa shape index (κ2) is 5.87. The van der Waals surface area contributed by atoms with Gasteiger partial charge in [-0.15, -0.1) is 0 Å². The van der Waals surface area contributed by atoms with Gasteiger partial charge in [-0.1, -0.05) is 26.7 Å². The zero-order valence-electron chi connectivity index (χ0n) is 13.1. The Balaban J connectivity index is 2.35. The summed E-state index contributed by atoms with van der Waals surface area (Å²) in [6.07, 6.45) is 5.44. The van der Waals surface area contributed by atoms with Gasteiger partial charge in [-0.05, 0) is 30.4 Å². The van der Waals surface area contributed by atoms with E-state index in [2.05, 4.69) is 19.2 Å². The van der Waals surface area contributed by atoms with Gasteiger partial charge in [-0.3, -0.25) is 10.1 Å². The summed E-state index contributed by atoms with van der Waals surface area (Å²) in [4.78, 5) is 10.1. The Kier molecular flexibility index (Phi) is 4.47. The normalized spacial score (nSPS) is 21.3. The van der Waals surface area contributed by atoms with Crippen LogP contribution in [0.2, 0.25) is 0 Å². The minimum atomic E-state index is -3.65. The fraction of sp³-hybridized carbons (Fsp3) is 0.600. The largest absolute Gasteiger partial charge is 0.382 e. The predicted molar refractivity (Wildman–Crippen MR) is 85.9 cm³/mol. The van der Waals surface area contributed by atoms with Crippen LogP contribution < -0.4 is 5.32 Å². The Morgan fingerprint density at radius 1 is 1.32 bits per heavy atom. The molecule has 122 valence electrons. The lowest BCUT2D eigenvalue weighted by Crippen LogP contribution is -2.38. The second-order valence-corrected chi connectivity index (χ2v) is 8.63. The molecule has 0 amide bonds. The Morgan fingerprint density at radius 3 is 2.55 bits per heavy atom. The molecule has 0 radical (unpaired) electrons. The second-order valence-electron chi connectivity index (χ2n) is 6.64. The maximum Gasteiger partial charge on any atom is 0.288 e. The van der Waals surface area contributed by atoms with E-state index in [9.17, 15) is 18.5 Å². The van der Waals surface area contributed by atoms with Crippen LogP contribution >= 0.6 is 0 Å². The average Bonchev–Trinajstić information content (AvgIpc) is 2.40. The summed E-state index contributed by atoms with van der Waals surface area (Å²) < 4.78 is 23.6. The molecule has 1 aromatic rings. The number of benzene rings is 1. The molecule has 7 heteroatoms. The summed E-state index contributed by atoms with van der Waals surface area (Å²) in [7, 11) is -3.65. The molecule has 1 atom stereocenters. The molecule has 0 bridgehead atoms. The van der Waals surface area contributed by atoms with E-state index in [4.69, 9.17) is 0 Å². The SMILES string of the molecule is CC1(C)CCCCC1Nc1ccc([N+](=O)[O-])c(S(C)(=O)=O)c1. The minimum absolute atomic E-state index is 0.116. The molecule has 0 saturated heterocycles. The van der Waals surface area contributed by atoms with E-state index in [0.717, 1.165) is 25.5 Å². The fourth-order valence-corrected chi connectivity index (χ4v) is 3.88. The lowest BCUT2D eigenvalue weighted by molar-refractivity contribution is -0.387. The van der Waals surface area contributed by atoms with Crippen molar-refractivity contribution in [3.63, 3.8) is 0 Å². The van der Waals surface area contributed by atoms with E-state index < -0.39 is 14.8 Å². The third-order valence-electron chi connectivity index (χ3n) is 4.40. The van der Waals surface area contributed by atoms with E-state index in [1.54, 1.807) is 6.07 Å². The van der Waals surface area contributed by atoms with Gasteiger partial charge in [0.05, 0.1) is 4.92 Å². The first-order valence-corrected chi connectivity index (χ1v) is 9.25. The van der Waals surface area contributed by atoms with Crippen molar-refractivity contribution in [2.45, 2.75) is 50.5 Å². The summed E-state index contributed by atoms with van der Waals surface area (Å²) >= 11 is 0. The summed E-state index contributed by atoms with van der Waals surface area (Å²) in [5, 5.41) is 14.4. The topological polar surface area (TPSA) is 89.3 Å². The molecule has 1 saturated carbocycles. The van der Waals surface area contributed by atoms with Crippen LogP contribution in [0.3, 0.4) is 0 Å². The van der Waals surface area contributed by atoms with E-state index in [1.165, 1.54) is 18.6 Å². The molecule has 0 aliphatic heterocycles. The van der Waals surface area contributed by atoms with Crippen LogP contribution in [-0.2, 0) is 9.84 Å². The number of hydrogen-bond acceptors (Lipinski definition) is 5. The first-order valence-electron chi connectivity index (χ1n) is 7.36. The van der Waals surface area contributed by atoms with Gasteiger partial charge in [0.2, 0.25) is 0 Å². The molecule has 0 spiro atoms. The summed E-state index contributed by atoms with van der Waals surface area (Å²) in [6, 6.07) is 4.44. The molecule has 1 aromatic carbocycles. The highest BCUT2D eigenvalue weighted by molar-refractivity contribution is 7.90. The Hall–Kier alpha value is -1.63. The van der Waals surface area contributed by atoms with Crippen LogP contribution in [0.1, 0.15) is 39.5 Å². The highest BCUT2D eigenvalue weighted by Crippen LogP contribution is 2.38. The monoisotopic (exact) mass is 326 g/mol. The van der Waals surface area contributed by atoms with Crippen LogP contribution in [0.5, 0.6) is 0 Å². The third kappa shape index (κ3) is 3.58. The van der Waals surface area contributed by atoms with Gasteiger partial charge in [0, 0.05) is 24.1 Å². The van der Waals surface area contributed by atoms with Gasteiger partial charge in [-0.25, -0.2) is 8.42 Å². The number of sulfone groups is 1. The molecule has 0 aromatic heterocycles. The number of nitro groups is 1. The fourth-order valence-electron chi connectivity index (χ4n) is 3.01. The first-order chi connectivity index (χ1) is 10.1. The number of rotatable bonds is 4. The highest BCUT2D eigenvalue weighted by Gasteiger charge is 2.32. The van der Waals surface area contributed by atoms with Crippen molar-refractivity contribution in [3.05, 3.63) is 28.3 Å². The molecule has 1 aliphatic carbocycles. The maximum absolute atomic E-state index is 11.8. The average molecular weight is 326 g/mol. The van der Waals surface area contributed by atoms with Crippen LogP contribution in [0.25, 0.3) is 0 Å². The molecule has 0 heterocycles. The molecular weight excluding hydrogens is 304 g/mol. The molecular formula is C15H22N2O4S. The van der Waals surface area contributed by atoms with Gasteiger partial charge >= 0.3 is 0 Å². The van der Waals surface area contributed by atoms with Crippen molar-refractivity contribution in [3.8, 4) is 0 Å². The zero-order valence-corrected chi connectivity index (χ0v) is 13.9. The highest BCUT2D eigenvalue weighted by atomic mass is 32.2. The summed E-state index contributed by atoms with van der Waals surface area (Å²) in [5.74, 6) is 0. The lowest BCUT2D eigenvalue weighted by Gasteiger charge is -2.39. The first kappa shape index (κ1) is 16.7. The Labute approximate surface area is 131 Å². The standard InChI is InChI=1S/C15H22N2O4S/c1-15(2)9-5-4-6-14(15)16-11-7-8-12(17(18)19)13(10-11)22(3,20)21/h7-8,10,14,16H,4-6,9H2,1-3H3. The van der Waals surface area contributed by atoms with Crippen molar-refractivity contribution >= 4 is 21.2 Å². The number of anilines is 1. The van der Waals surface area contributed by atoms with Crippen molar-refractivity contribution < 1.29 is 13.3 Å². The number of nitrogens with zero attached hydrogens (tertiary/aromatic N) is 1. The van der Waals surface area contributed by atoms with Gasteiger partial charge in [0.1, 0.15) is 4.90 Å².